The fraction of sp³-hybridized carbons (Fsp3) is 0.929. The van der Waals surface area contributed by atoms with Crippen LogP contribution >= 0.6 is 11.8 Å². The van der Waals surface area contributed by atoms with Gasteiger partial charge in [-0.2, -0.15) is 11.8 Å². The Balaban J connectivity index is 1.84. The zero-order valence-electron chi connectivity index (χ0n) is 11.9. The van der Waals surface area contributed by atoms with Crippen molar-refractivity contribution in [1.29, 1.82) is 0 Å². The van der Waals surface area contributed by atoms with Gasteiger partial charge in [0.2, 0.25) is 5.91 Å². The average Bonchev–Trinajstić information content (AvgIpc) is 2.47. The van der Waals surface area contributed by atoms with Gasteiger partial charge in [0.1, 0.15) is 0 Å². The molecule has 2 fully saturated rings. The highest BCUT2D eigenvalue weighted by molar-refractivity contribution is 7.99. The van der Waals surface area contributed by atoms with E-state index in [-0.39, 0.29) is 11.3 Å². The van der Waals surface area contributed by atoms with E-state index in [1.54, 1.807) is 7.11 Å². The number of hydrogen-bond donors (Lipinski definition) is 2. The largest absolute Gasteiger partial charge is 0.384 e. The van der Waals surface area contributed by atoms with E-state index >= 15 is 0 Å². The Bertz CT molecular complexity index is 282. The minimum Gasteiger partial charge on any atom is -0.384 e. The first-order valence-electron chi connectivity index (χ1n) is 7.36. The highest BCUT2D eigenvalue weighted by atomic mass is 32.2. The number of ether oxygens (including phenoxy) is 1. The standard InChI is InChI=1S/C14H26N2O2S/c1-18-11-14(5-7-15-8-6-14)13(17)16-10-12-4-2-3-9-19-12/h12,15H,2-11H2,1H3,(H,16,17). The molecule has 4 nitrogen and oxygen atoms in total. The lowest BCUT2D eigenvalue weighted by atomic mass is 9.78. The predicted molar refractivity (Wildman–Crippen MR) is 79.5 cm³/mol. The molecule has 0 bridgehead atoms. The molecule has 2 rings (SSSR count). The fourth-order valence-electron chi connectivity index (χ4n) is 2.98. The summed E-state index contributed by atoms with van der Waals surface area (Å²) in [6.45, 7) is 3.19. The van der Waals surface area contributed by atoms with Crippen molar-refractivity contribution in [1.82, 2.24) is 10.6 Å². The van der Waals surface area contributed by atoms with Crippen LogP contribution in [0.15, 0.2) is 0 Å². The van der Waals surface area contributed by atoms with Crippen LogP contribution in [0.1, 0.15) is 32.1 Å². The number of amides is 1. The van der Waals surface area contributed by atoms with Gasteiger partial charge >= 0.3 is 0 Å². The molecule has 0 saturated carbocycles. The lowest BCUT2D eigenvalue weighted by molar-refractivity contribution is -0.136. The van der Waals surface area contributed by atoms with Crippen molar-refractivity contribution < 1.29 is 9.53 Å². The van der Waals surface area contributed by atoms with Crippen molar-refractivity contribution in [3.8, 4) is 0 Å². The van der Waals surface area contributed by atoms with E-state index in [9.17, 15) is 4.79 Å². The first kappa shape index (κ1) is 15.1. The molecule has 1 amide bonds. The predicted octanol–water partition coefficient (Wildman–Crippen LogP) is 1.40. The summed E-state index contributed by atoms with van der Waals surface area (Å²) in [5.41, 5.74) is -0.306. The normalized spacial score (nSPS) is 26.9. The van der Waals surface area contributed by atoms with Gasteiger partial charge in [-0.1, -0.05) is 6.42 Å². The zero-order valence-corrected chi connectivity index (χ0v) is 12.7. The van der Waals surface area contributed by atoms with Crippen molar-refractivity contribution >= 4 is 17.7 Å². The second kappa shape index (κ2) is 7.50. The Morgan fingerprint density at radius 2 is 2.21 bits per heavy atom. The van der Waals surface area contributed by atoms with Gasteiger partial charge in [0.15, 0.2) is 0 Å². The Hall–Kier alpha value is -0.260. The number of methoxy groups -OCH3 is 1. The molecule has 19 heavy (non-hydrogen) atoms. The Morgan fingerprint density at radius 1 is 1.42 bits per heavy atom. The van der Waals surface area contributed by atoms with Crippen molar-refractivity contribution in [2.45, 2.75) is 37.4 Å². The van der Waals surface area contributed by atoms with E-state index in [0.717, 1.165) is 32.5 Å². The van der Waals surface area contributed by atoms with E-state index in [4.69, 9.17) is 4.74 Å². The number of piperidine rings is 1. The van der Waals surface area contributed by atoms with Crippen LogP contribution in [-0.2, 0) is 9.53 Å². The molecule has 0 radical (unpaired) electrons. The van der Waals surface area contributed by atoms with Gasteiger partial charge in [0.05, 0.1) is 12.0 Å². The summed E-state index contributed by atoms with van der Waals surface area (Å²) in [7, 11) is 1.69. The Labute approximate surface area is 120 Å². The van der Waals surface area contributed by atoms with Crippen LogP contribution in [0, 0.1) is 5.41 Å². The topological polar surface area (TPSA) is 50.4 Å². The summed E-state index contributed by atoms with van der Waals surface area (Å²) < 4.78 is 5.30. The third-order valence-corrected chi connectivity index (χ3v) is 5.63. The average molecular weight is 286 g/mol. The summed E-state index contributed by atoms with van der Waals surface area (Å²) >= 11 is 2.01. The molecule has 2 N–H and O–H groups in total. The summed E-state index contributed by atoms with van der Waals surface area (Å²) in [4.78, 5) is 12.5. The van der Waals surface area contributed by atoms with Gasteiger partial charge in [-0.25, -0.2) is 0 Å². The molecule has 0 aromatic carbocycles. The van der Waals surface area contributed by atoms with Crippen LogP contribution in [0.5, 0.6) is 0 Å². The van der Waals surface area contributed by atoms with E-state index in [2.05, 4.69) is 10.6 Å². The van der Waals surface area contributed by atoms with Crippen LogP contribution in [-0.4, -0.2) is 50.3 Å². The minimum absolute atomic E-state index is 0.196. The molecular formula is C14H26N2O2S. The number of rotatable bonds is 5. The molecule has 0 aliphatic carbocycles. The van der Waals surface area contributed by atoms with E-state index < -0.39 is 0 Å². The van der Waals surface area contributed by atoms with Crippen LogP contribution in [0.25, 0.3) is 0 Å². The molecule has 2 heterocycles. The number of nitrogens with one attached hydrogen (secondary N) is 2. The molecule has 0 aromatic heterocycles. The van der Waals surface area contributed by atoms with Gasteiger partial charge in [-0.15, -0.1) is 0 Å². The Kier molecular flexibility index (Phi) is 5.98. The molecule has 1 atom stereocenters. The van der Waals surface area contributed by atoms with Gasteiger partial charge in [-0.05, 0) is 44.5 Å². The van der Waals surface area contributed by atoms with Gasteiger partial charge in [-0.3, -0.25) is 4.79 Å². The molecule has 0 spiro atoms. The number of carbonyl (C=O) groups excluding carboxylic acids is 1. The van der Waals surface area contributed by atoms with E-state index in [1.807, 2.05) is 11.8 Å². The summed E-state index contributed by atoms with van der Waals surface area (Å²) in [6.07, 6.45) is 5.63. The monoisotopic (exact) mass is 286 g/mol. The molecule has 2 aliphatic heterocycles. The minimum atomic E-state index is -0.306. The molecular weight excluding hydrogens is 260 g/mol. The Morgan fingerprint density at radius 3 is 2.84 bits per heavy atom. The van der Waals surface area contributed by atoms with Crippen LogP contribution in [0.3, 0.4) is 0 Å². The first-order valence-corrected chi connectivity index (χ1v) is 8.41. The van der Waals surface area contributed by atoms with Crippen LogP contribution in [0.4, 0.5) is 0 Å². The fourth-order valence-corrected chi connectivity index (χ4v) is 4.22. The molecule has 2 saturated heterocycles. The van der Waals surface area contributed by atoms with Crippen molar-refractivity contribution in [2.75, 3.05) is 39.1 Å². The SMILES string of the molecule is COCC1(C(=O)NCC2CCCCS2)CCNCC1. The van der Waals surface area contributed by atoms with E-state index in [1.165, 1.54) is 25.0 Å². The molecule has 2 aliphatic rings. The summed E-state index contributed by atoms with van der Waals surface area (Å²) in [6, 6.07) is 0. The highest BCUT2D eigenvalue weighted by Crippen LogP contribution is 2.30. The third kappa shape index (κ3) is 4.10. The third-order valence-electron chi connectivity index (χ3n) is 4.23. The van der Waals surface area contributed by atoms with E-state index in [0.29, 0.717) is 11.9 Å². The summed E-state index contributed by atoms with van der Waals surface area (Å²) in [5, 5.41) is 7.11. The van der Waals surface area contributed by atoms with Gasteiger partial charge in [0.25, 0.3) is 0 Å². The van der Waals surface area contributed by atoms with Gasteiger partial charge < -0.3 is 15.4 Å². The maximum Gasteiger partial charge on any atom is 0.228 e. The van der Waals surface area contributed by atoms with Gasteiger partial charge in [0, 0.05) is 18.9 Å². The molecule has 0 aromatic rings. The van der Waals surface area contributed by atoms with Crippen molar-refractivity contribution in [3.05, 3.63) is 0 Å². The second-order valence-electron chi connectivity index (χ2n) is 5.66. The van der Waals surface area contributed by atoms with Crippen LogP contribution < -0.4 is 10.6 Å². The lowest BCUT2D eigenvalue weighted by Crippen LogP contribution is -2.51. The summed E-state index contributed by atoms with van der Waals surface area (Å²) in [5.74, 6) is 1.44. The molecule has 5 heteroatoms. The maximum absolute atomic E-state index is 12.5. The molecule has 110 valence electrons. The maximum atomic E-state index is 12.5. The van der Waals surface area contributed by atoms with Crippen molar-refractivity contribution in [2.24, 2.45) is 5.41 Å². The highest BCUT2D eigenvalue weighted by Gasteiger charge is 2.39. The number of thioether (sulfide) groups is 1. The lowest BCUT2D eigenvalue weighted by Gasteiger charge is -2.36. The number of carbonyl (C=O) groups is 1. The quantitative estimate of drug-likeness (QED) is 0.802. The van der Waals surface area contributed by atoms with Crippen LogP contribution in [0.2, 0.25) is 0 Å². The second-order valence-corrected chi connectivity index (χ2v) is 7.07. The van der Waals surface area contributed by atoms with Crippen molar-refractivity contribution in [3.63, 3.8) is 0 Å². The molecule has 1 unspecified atom stereocenters. The first-order chi connectivity index (χ1) is 9.27. The smallest absolute Gasteiger partial charge is 0.228 e. The number of hydrogen-bond acceptors (Lipinski definition) is 4. The zero-order chi connectivity index (χ0) is 13.6.